The van der Waals surface area contributed by atoms with Crippen molar-refractivity contribution in [3.63, 3.8) is 0 Å². The zero-order valence-electron chi connectivity index (χ0n) is 12.7. The highest BCUT2D eigenvalue weighted by Crippen LogP contribution is 2.24. The molecule has 0 aliphatic carbocycles. The molecule has 0 amide bonds. The van der Waals surface area contributed by atoms with Crippen LogP contribution < -0.4 is 5.32 Å². The standard InChI is InChI=1S/C15H16F2IN3O2S/c1-8(11(23)6-22)19-13-5-12(18)20-15(21-13)24-7-9-3-2-4-10(16)14(9)17/h2-5,8,11,22-23H,6-7H2,1H3,(H,19,20,21)/t8-,11+/m1/s1. The van der Waals surface area contributed by atoms with Crippen LogP contribution in [-0.2, 0) is 5.75 Å². The number of hydrogen-bond acceptors (Lipinski definition) is 6. The van der Waals surface area contributed by atoms with Crippen LogP contribution in [0.2, 0.25) is 0 Å². The van der Waals surface area contributed by atoms with Gasteiger partial charge < -0.3 is 15.5 Å². The summed E-state index contributed by atoms with van der Waals surface area (Å²) in [4.78, 5) is 8.53. The summed E-state index contributed by atoms with van der Waals surface area (Å²) in [5.41, 5.74) is 0.237. The first-order chi connectivity index (χ1) is 11.4. The number of aromatic nitrogens is 2. The van der Waals surface area contributed by atoms with E-state index in [1.807, 2.05) is 22.6 Å². The highest BCUT2D eigenvalue weighted by Gasteiger charge is 2.15. The fourth-order valence-electron chi connectivity index (χ4n) is 1.83. The van der Waals surface area contributed by atoms with Crippen molar-refractivity contribution in [3.05, 3.63) is 45.2 Å². The number of benzene rings is 1. The molecule has 1 aromatic carbocycles. The van der Waals surface area contributed by atoms with Gasteiger partial charge in [0.05, 0.1) is 18.8 Å². The van der Waals surface area contributed by atoms with E-state index in [0.717, 1.165) is 6.07 Å². The average Bonchev–Trinajstić information content (AvgIpc) is 2.55. The Balaban J connectivity index is 2.09. The fraction of sp³-hybridized carbons (Fsp3) is 0.333. The molecule has 0 saturated heterocycles. The SMILES string of the molecule is C[C@@H](Nc1cc(I)nc(SCc2cccc(F)c2F)n1)[C@@H](O)CO. The Hall–Kier alpha value is -1.04. The Kier molecular flexibility index (Phi) is 7.14. The lowest BCUT2D eigenvalue weighted by atomic mass is 10.2. The van der Waals surface area contributed by atoms with Crippen LogP contribution in [-0.4, -0.2) is 38.9 Å². The lowest BCUT2D eigenvalue weighted by Gasteiger charge is -2.19. The number of nitrogens with one attached hydrogen (secondary N) is 1. The van der Waals surface area contributed by atoms with Gasteiger partial charge in [-0.2, -0.15) is 0 Å². The number of rotatable bonds is 7. The van der Waals surface area contributed by atoms with Gasteiger partial charge in [-0.3, -0.25) is 0 Å². The van der Waals surface area contributed by atoms with Gasteiger partial charge in [0.25, 0.3) is 0 Å². The maximum absolute atomic E-state index is 13.7. The molecule has 0 aliphatic rings. The molecule has 24 heavy (non-hydrogen) atoms. The molecule has 1 aromatic heterocycles. The molecule has 0 radical (unpaired) electrons. The highest BCUT2D eigenvalue weighted by molar-refractivity contribution is 14.1. The molecule has 2 atom stereocenters. The molecule has 0 saturated carbocycles. The molecule has 0 fully saturated rings. The van der Waals surface area contributed by atoms with E-state index < -0.39 is 23.8 Å². The van der Waals surface area contributed by atoms with Crippen molar-refractivity contribution in [2.75, 3.05) is 11.9 Å². The first-order valence-corrected chi connectivity index (χ1v) is 9.13. The Labute approximate surface area is 156 Å². The molecular formula is C15H16F2IN3O2S. The molecule has 0 spiro atoms. The van der Waals surface area contributed by atoms with Gasteiger partial charge in [0.2, 0.25) is 0 Å². The molecule has 0 bridgehead atoms. The van der Waals surface area contributed by atoms with Gasteiger partial charge in [-0.1, -0.05) is 23.9 Å². The van der Waals surface area contributed by atoms with Crippen LogP contribution in [0.3, 0.4) is 0 Å². The molecule has 5 nitrogen and oxygen atoms in total. The molecular weight excluding hydrogens is 451 g/mol. The van der Waals surface area contributed by atoms with Gasteiger partial charge in [-0.15, -0.1) is 0 Å². The van der Waals surface area contributed by atoms with Crippen molar-refractivity contribution in [1.82, 2.24) is 9.97 Å². The normalized spacial score (nSPS) is 13.6. The number of hydrogen-bond donors (Lipinski definition) is 3. The van der Waals surface area contributed by atoms with Crippen LogP contribution in [0.1, 0.15) is 12.5 Å². The lowest BCUT2D eigenvalue weighted by molar-refractivity contribution is 0.0837. The summed E-state index contributed by atoms with van der Waals surface area (Å²) in [6, 6.07) is 5.32. The molecule has 1 heterocycles. The van der Waals surface area contributed by atoms with E-state index in [0.29, 0.717) is 14.7 Å². The van der Waals surface area contributed by atoms with E-state index in [1.54, 1.807) is 13.0 Å². The summed E-state index contributed by atoms with van der Waals surface area (Å²) >= 11 is 3.20. The minimum Gasteiger partial charge on any atom is -0.394 e. The second-order valence-electron chi connectivity index (χ2n) is 5.04. The Morgan fingerprint density at radius 1 is 1.33 bits per heavy atom. The van der Waals surface area contributed by atoms with E-state index in [4.69, 9.17) is 5.11 Å². The molecule has 9 heteroatoms. The maximum Gasteiger partial charge on any atom is 0.190 e. The van der Waals surface area contributed by atoms with Crippen LogP contribution in [0.5, 0.6) is 0 Å². The third-order valence-electron chi connectivity index (χ3n) is 3.20. The molecule has 0 aliphatic heterocycles. The lowest BCUT2D eigenvalue weighted by Crippen LogP contribution is -2.33. The number of aliphatic hydroxyl groups is 2. The number of halogens is 3. The van der Waals surface area contributed by atoms with E-state index >= 15 is 0 Å². The van der Waals surface area contributed by atoms with Crippen LogP contribution in [0.15, 0.2) is 29.4 Å². The van der Waals surface area contributed by atoms with Gasteiger partial charge >= 0.3 is 0 Å². The topological polar surface area (TPSA) is 78.3 Å². The summed E-state index contributed by atoms with van der Waals surface area (Å²) in [7, 11) is 0. The van der Waals surface area contributed by atoms with Gasteiger partial charge in [-0.05, 0) is 35.6 Å². The Morgan fingerprint density at radius 3 is 2.79 bits per heavy atom. The summed E-state index contributed by atoms with van der Waals surface area (Å²) in [6.45, 7) is 1.35. The number of aliphatic hydroxyl groups excluding tert-OH is 2. The first kappa shape index (κ1) is 19.3. The predicted octanol–water partition coefficient (Wildman–Crippen LogP) is 2.81. The molecule has 3 N–H and O–H groups in total. The zero-order valence-corrected chi connectivity index (χ0v) is 15.7. The van der Waals surface area contributed by atoms with E-state index in [9.17, 15) is 13.9 Å². The fourth-order valence-corrected chi connectivity index (χ4v) is 3.35. The van der Waals surface area contributed by atoms with Crippen molar-refractivity contribution in [2.24, 2.45) is 0 Å². The van der Waals surface area contributed by atoms with Crippen molar-refractivity contribution >= 4 is 40.2 Å². The van der Waals surface area contributed by atoms with Gasteiger partial charge in [0.15, 0.2) is 16.8 Å². The quantitative estimate of drug-likeness (QED) is 0.252. The van der Waals surface area contributed by atoms with Crippen LogP contribution in [0.4, 0.5) is 14.6 Å². The van der Waals surface area contributed by atoms with E-state index in [1.165, 1.54) is 23.9 Å². The van der Waals surface area contributed by atoms with Crippen molar-refractivity contribution in [3.8, 4) is 0 Å². The van der Waals surface area contributed by atoms with Gasteiger partial charge in [0.1, 0.15) is 9.52 Å². The van der Waals surface area contributed by atoms with Crippen LogP contribution in [0, 0.1) is 15.3 Å². The van der Waals surface area contributed by atoms with Gasteiger partial charge in [0, 0.05) is 17.4 Å². The second kappa shape index (κ2) is 8.88. The molecule has 130 valence electrons. The number of anilines is 1. The third kappa shape index (κ3) is 5.23. The Morgan fingerprint density at radius 2 is 2.08 bits per heavy atom. The molecule has 2 aromatic rings. The summed E-state index contributed by atoms with van der Waals surface area (Å²) in [5, 5.41) is 21.9. The summed E-state index contributed by atoms with van der Waals surface area (Å²) < 4.78 is 27.5. The largest absolute Gasteiger partial charge is 0.394 e. The van der Waals surface area contributed by atoms with Gasteiger partial charge in [-0.25, -0.2) is 18.7 Å². The smallest absolute Gasteiger partial charge is 0.190 e. The molecule has 0 unspecified atom stereocenters. The minimum atomic E-state index is -0.921. The van der Waals surface area contributed by atoms with Crippen molar-refractivity contribution in [1.29, 1.82) is 0 Å². The minimum absolute atomic E-state index is 0.192. The Bertz CT molecular complexity index is 708. The van der Waals surface area contributed by atoms with Crippen molar-refractivity contribution in [2.45, 2.75) is 30.0 Å². The maximum atomic E-state index is 13.7. The first-order valence-electron chi connectivity index (χ1n) is 7.06. The number of nitrogens with zero attached hydrogens (tertiary/aromatic N) is 2. The van der Waals surface area contributed by atoms with E-state index in [-0.39, 0.29) is 17.9 Å². The van der Waals surface area contributed by atoms with Crippen LogP contribution in [0.25, 0.3) is 0 Å². The van der Waals surface area contributed by atoms with Crippen LogP contribution >= 0.6 is 34.4 Å². The summed E-state index contributed by atoms with van der Waals surface area (Å²) in [6.07, 6.45) is -0.921. The third-order valence-corrected chi connectivity index (χ3v) is 4.65. The highest BCUT2D eigenvalue weighted by atomic mass is 127. The summed E-state index contributed by atoms with van der Waals surface area (Å²) in [5.74, 6) is -1.08. The molecule has 2 rings (SSSR count). The monoisotopic (exact) mass is 467 g/mol. The average molecular weight is 467 g/mol. The zero-order chi connectivity index (χ0) is 17.7. The number of thioether (sulfide) groups is 1. The van der Waals surface area contributed by atoms with Crippen molar-refractivity contribution < 1.29 is 19.0 Å². The van der Waals surface area contributed by atoms with E-state index in [2.05, 4.69) is 15.3 Å². The second-order valence-corrected chi connectivity index (χ2v) is 7.09. The predicted molar refractivity (Wildman–Crippen MR) is 96.8 cm³/mol.